The van der Waals surface area contributed by atoms with E-state index < -0.39 is 0 Å². The van der Waals surface area contributed by atoms with E-state index in [-0.39, 0.29) is 12.1 Å². The number of amidine groups is 1. The molecular weight excluding hydrogens is 178 g/mol. The van der Waals surface area contributed by atoms with Gasteiger partial charge in [-0.2, -0.15) is 0 Å². The fourth-order valence-corrected chi connectivity index (χ4v) is 2.65. The Bertz CT molecular complexity index is 258. The number of hydrogen-bond acceptors (Lipinski definition) is 2. The average Bonchev–Trinajstić information content (AvgIpc) is 2.72. The third-order valence-corrected chi connectivity index (χ3v) is 3.32. The summed E-state index contributed by atoms with van der Waals surface area (Å²) in [5, 5.41) is 10.4. The summed E-state index contributed by atoms with van der Waals surface area (Å²) < 4.78 is 0. The van der Waals surface area contributed by atoms with E-state index in [2.05, 4.69) is 5.32 Å². The lowest BCUT2D eigenvalue weighted by molar-refractivity contribution is 0.194. The van der Waals surface area contributed by atoms with Gasteiger partial charge in [0.05, 0.1) is 6.04 Å². The Morgan fingerprint density at radius 2 is 2.14 bits per heavy atom. The van der Waals surface area contributed by atoms with Crippen LogP contribution >= 0.6 is 0 Å². The van der Waals surface area contributed by atoms with E-state index >= 15 is 0 Å². The highest BCUT2D eigenvalue weighted by molar-refractivity contribution is 6.05. The van der Waals surface area contributed by atoms with Crippen LogP contribution in [0.4, 0.5) is 4.79 Å². The van der Waals surface area contributed by atoms with Crippen molar-refractivity contribution in [1.29, 1.82) is 5.41 Å². The molecule has 0 radical (unpaired) electrons. The summed E-state index contributed by atoms with van der Waals surface area (Å²) in [6.07, 6.45) is 4.83. The largest absolute Gasteiger partial charge is 0.323 e. The number of carbonyl (C=O) groups is 1. The number of nitrogens with one attached hydrogen (secondary N) is 2. The Morgan fingerprint density at radius 1 is 1.50 bits per heavy atom. The molecule has 1 aliphatic carbocycles. The SMILES string of the molecule is CCN1C(=O)NC(=N)C1C1CCCC1. The molecule has 0 bridgehead atoms. The normalized spacial score (nSPS) is 28.6. The summed E-state index contributed by atoms with van der Waals surface area (Å²) in [7, 11) is 0. The maximum absolute atomic E-state index is 11.5. The van der Waals surface area contributed by atoms with Crippen molar-refractivity contribution < 1.29 is 4.79 Å². The van der Waals surface area contributed by atoms with E-state index in [1.54, 1.807) is 4.90 Å². The van der Waals surface area contributed by atoms with Crippen LogP contribution in [0.25, 0.3) is 0 Å². The van der Waals surface area contributed by atoms with E-state index in [9.17, 15) is 4.79 Å². The molecule has 1 aliphatic heterocycles. The number of nitrogens with zero attached hydrogens (tertiary/aromatic N) is 1. The van der Waals surface area contributed by atoms with Crippen molar-refractivity contribution in [2.45, 2.75) is 38.6 Å². The van der Waals surface area contributed by atoms with Gasteiger partial charge in [-0.1, -0.05) is 12.8 Å². The van der Waals surface area contributed by atoms with Gasteiger partial charge in [-0.05, 0) is 25.7 Å². The van der Waals surface area contributed by atoms with Crippen molar-refractivity contribution in [2.75, 3.05) is 6.54 Å². The first-order chi connectivity index (χ1) is 6.74. The van der Waals surface area contributed by atoms with E-state index in [0.717, 1.165) is 0 Å². The van der Waals surface area contributed by atoms with Crippen LogP contribution in [0.1, 0.15) is 32.6 Å². The molecule has 1 heterocycles. The molecule has 0 aromatic carbocycles. The Labute approximate surface area is 84.2 Å². The highest BCUT2D eigenvalue weighted by atomic mass is 16.2. The van der Waals surface area contributed by atoms with Crippen LogP contribution in [0.5, 0.6) is 0 Å². The third kappa shape index (κ3) is 1.38. The van der Waals surface area contributed by atoms with Crippen LogP contribution in [0.15, 0.2) is 0 Å². The van der Waals surface area contributed by atoms with Gasteiger partial charge >= 0.3 is 6.03 Å². The minimum atomic E-state index is -0.0885. The quantitative estimate of drug-likeness (QED) is 0.690. The van der Waals surface area contributed by atoms with Crippen LogP contribution in [-0.2, 0) is 0 Å². The lowest BCUT2D eigenvalue weighted by Crippen LogP contribution is -2.39. The summed E-state index contributed by atoms with van der Waals surface area (Å²) in [5.74, 6) is 0.921. The molecule has 1 saturated carbocycles. The van der Waals surface area contributed by atoms with Gasteiger partial charge in [-0.3, -0.25) is 10.7 Å². The van der Waals surface area contributed by atoms with Crippen molar-refractivity contribution in [1.82, 2.24) is 10.2 Å². The van der Waals surface area contributed by atoms with Gasteiger partial charge in [-0.15, -0.1) is 0 Å². The molecule has 14 heavy (non-hydrogen) atoms. The lowest BCUT2D eigenvalue weighted by Gasteiger charge is -2.25. The molecule has 0 aromatic rings. The van der Waals surface area contributed by atoms with Crippen molar-refractivity contribution in [3.63, 3.8) is 0 Å². The molecule has 1 atom stereocenters. The molecule has 2 amide bonds. The van der Waals surface area contributed by atoms with Crippen LogP contribution in [0, 0.1) is 11.3 Å². The smallest absolute Gasteiger partial charge is 0.314 e. The Morgan fingerprint density at radius 3 is 2.71 bits per heavy atom. The van der Waals surface area contributed by atoms with Crippen molar-refractivity contribution in [3.05, 3.63) is 0 Å². The zero-order chi connectivity index (χ0) is 10.1. The monoisotopic (exact) mass is 195 g/mol. The number of carbonyl (C=O) groups excluding carboxylic acids is 1. The highest BCUT2D eigenvalue weighted by Gasteiger charge is 2.40. The molecule has 1 saturated heterocycles. The number of amides is 2. The number of rotatable bonds is 2. The van der Waals surface area contributed by atoms with Gasteiger partial charge in [0, 0.05) is 6.54 Å². The van der Waals surface area contributed by atoms with E-state index in [0.29, 0.717) is 18.3 Å². The van der Waals surface area contributed by atoms with Crippen LogP contribution < -0.4 is 5.32 Å². The molecule has 2 rings (SSSR count). The lowest BCUT2D eigenvalue weighted by atomic mass is 9.97. The molecule has 1 unspecified atom stereocenters. The number of urea groups is 1. The molecular formula is C10H17N3O. The first kappa shape index (κ1) is 9.49. The minimum absolute atomic E-state index is 0.0370. The summed E-state index contributed by atoms with van der Waals surface area (Å²) in [4.78, 5) is 13.2. The predicted octanol–water partition coefficient (Wildman–Crippen LogP) is 1.57. The highest BCUT2D eigenvalue weighted by Crippen LogP contribution is 2.32. The predicted molar refractivity (Wildman–Crippen MR) is 54.4 cm³/mol. The summed E-state index contributed by atoms with van der Waals surface area (Å²) >= 11 is 0. The Balaban J connectivity index is 2.14. The Hall–Kier alpha value is -1.06. The number of hydrogen-bond donors (Lipinski definition) is 2. The van der Waals surface area contributed by atoms with E-state index in [4.69, 9.17) is 5.41 Å². The number of likely N-dealkylation sites (N-methyl/N-ethyl adjacent to an activating group) is 1. The van der Waals surface area contributed by atoms with Gasteiger partial charge in [0.1, 0.15) is 5.84 Å². The molecule has 2 aliphatic rings. The Kier molecular flexibility index (Phi) is 2.44. The zero-order valence-electron chi connectivity index (χ0n) is 8.55. The first-order valence-corrected chi connectivity index (χ1v) is 5.40. The molecule has 78 valence electrons. The van der Waals surface area contributed by atoms with E-state index in [1.807, 2.05) is 6.92 Å². The molecule has 4 heteroatoms. The maximum atomic E-state index is 11.5. The summed E-state index contributed by atoms with van der Waals surface area (Å²) in [6.45, 7) is 2.68. The minimum Gasteiger partial charge on any atom is -0.314 e. The fourth-order valence-electron chi connectivity index (χ4n) is 2.65. The second kappa shape index (κ2) is 3.59. The third-order valence-electron chi connectivity index (χ3n) is 3.32. The van der Waals surface area contributed by atoms with Crippen molar-refractivity contribution in [3.8, 4) is 0 Å². The fraction of sp³-hybridized carbons (Fsp3) is 0.800. The van der Waals surface area contributed by atoms with Crippen LogP contribution in [0.2, 0.25) is 0 Å². The average molecular weight is 195 g/mol. The standard InChI is InChI=1S/C10H17N3O/c1-2-13-8(7-5-3-4-6-7)9(11)12-10(13)14/h7-8H,2-6H2,1H3,(H2,11,12,14). The molecule has 0 aromatic heterocycles. The van der Waals surface area contributed by atoms with Crippen LogP contribution in [-0.4, -0.2) is 29.4 Å². The van der Waals surface area contributed by atoms with Gasteiger partial charge in [0.25, 0.3) is 0 Å². The molecule has 2 N–H and O–H groups in total. The van der Waals surface area contributed by atoms with Gasteiger partial charge in [-0.25, -0.2) is 4.79 Å². The van der Waals surface area contributed by atoms with E-state index in [1.165, 1.54) is 25.7 Å². The van der Waals surface area contributed by atoms with Gasteiger partial charge < -0.3 is 4.90 Å². The first-order valence-electron chi connectivity index (χ1n) is 5.40. The van der Waals surface area contributed by atoms with Crippen molar-refractivity contribution >= 4 is 11.9 Å². The zero-order valence-corrected chi connectivity index (χ0v) is 8.55. The second-order valence-corrected chi connectivity index (χ2v) is 4.12. The maximum Gasteiger partial charge on any atom is 0.323 e. The molecule has 0 spiro atoms. The van der Waals surface area contributed by atoms with Crippen molar-refractivity contribution in [2.24, 2.45) is 5.92 Å². The topological polar surface area (TPSA) is 56.2 Å². The van der Waals surface area contributed by atoms with Crippen LogP contribution in [0.3, 0.4) is 0 Å². The molecule has 2 fully saturated rings. The van der Waals surface area contributed by atoms with Gasteiger partial charge in [0.2, 0.25) is 0 Å². The van der Waals surface area contributed by atoms with Gasteiger partial charge in [0.15, 0.2) is 0 Å². The molecule has 4 nitrogen and oxygen atoms in total. The summed E-state index contributed by atoms with van der Waals surface area (Å²) in [6, 6.07) is -0.0515. The second-order valence-electron chi connectivity index (χ2n) is 4.12. The summed E-state index contributed by atoms with van der Waals surface area (Å²) in [5.41, 5.74) is 0.